The van der Waals surface area contributed by atoms with Gasteiger partial charge in [-0.1, -0.05) is 74.5 Å². The lowest BCUT2D eigenvalue weighted by Gasteiger charge is -2.21. The van der Waals surface area contributed by atoms with E-state index in [0.717, 1.165) is 5.56 Å². The maximum Gasteiger partial charge on any atom is 0.315 e. The molecule has 0 saturated carbocycles. The molecule has 2 unspecified atom stereocenters. The molecule has 0 N–H and O–H groups in total. The van der Waals surface area contributed by atoms with E-state index in [2.05, 4.69) is 6.07 Å². The van der Waals surface area contributed by atoms with Gasteiger partial charge >= 0.3 is 5.97 Å². The number of nitriles is 1. The summed E-state index contributed by atoms with van der Waals surface area (Å²) in [7, 11) is 0. The van der Waals surface area contributed by atoms with Crippen molar-refractivity contribution in [3.8, 4) is 6.07 Å². The Balaban J connectivity index is 2.20. The van der Waals surface area contributed by atoms with Crippen molar-refractivity contribution in [3.63, 3.8) is 0 Å². The highest BCUT2D eigenvalue weighted by Gasteiger charge is 2.28. The Kier molecular flexibility index (Phi) is 5.32. The highest BCUT2D eigenvalue weighted by Crippen LogP contribution is 2.28. The summed E-state index contributed by atoms with van der Waals surface area (Å²) < 4.78 is 5.46. The summed E-state index contributed by atoms with van der Waals surface area (Å²) in [5, 5.41) is 9.29. The third kappa shape index (κ3) is 3.73. The Morgan fingerprint density at radius 2 is 1.45 bits per heavy atom. The minimum Gasteiger partial charge on any atom is -0.441 e. The van der Waals surface area contributed by atoms with Gasteiger partial charge in [0.2, 0.25) is 6.10 Å². The van der Waals surface area contributed by atoms with Crippen LogP contribution in [-0.2, 0) is 9.53 Å². The first kappa shape index (κ1) is 15.8. The molecule has 0 spiro atoms. The van der Waals surface area contributed by atoms with Gasteiger partial charge in [-0.25, -0.2) is 0 Å². The molecule has 0 aromatic heterocycles. The highest BCUT2D eigenvalue weighted by molar-refractivity contribution is 5.79. The van der Waals surface area contributed by atoms with Crippen molar-refractivity contribution < 1.29 is 9.53 Å². The molecule has 2 aromatic rings. The van der Waals surface area contributed by atoms with Gasteiger partial charge in [0, 0.05) is 5.56 Å². The van der Waals surface area contributed by atoms with Crippen molar-refractivity contribution in [2.75, 3.05) is 0 Å². The van der Waals surface area contributed by atoms with Crippen LogP contribution in [-0.4, -0.2) is 5.97 Å². The Hall–Kier alpha value is -2.60. The fraction of sp³-hybridized carbons (Fsp3) is 0.263. The van der Waals surface area contributed by atoms with Gasteiger partial charge in [0.25, 0.3) is 0 Å². The predicted molar refractivity (Wildman–Crippen MR) is 84.9 cm³/mol. The summed E-state index contributed by atoms with van der Waals surface area (Å²) in [5.74, 6) is -0.651. The van der Waals surface area contributed by atoms with Gasteiger partial charge in [0.1, 0.15) is 6.07 Å². The van der Waals surface area contributed by atoms with Crippen molar-refractivity contribution in [3.05, 3.63) is 71.8 Å². The molecule has 0 saturated heterocycles. The molecule has 0 aliphatic carbocycles. The number of esters is 1. The standard InChI is InChI=1S/C19H19NO2/c1-14(2)18(16-11-7-4-8-12-16)19(21)22-17(13-20)15-9-5-3-6-10-15/h3-12,14,17-18H,1-2H3. The average Bonchev–Trinajstić information content (AvgIpc) is 2.54. The number of carbonyl (C=O) groups excluding carboxylic acids is 1. The summed E-state index contributed by atoms with van der Waals surface area (Å²) in [6, 6.07) is 20.7. The van der Waals surface area contributed by atoms with Gasteiger partial charge in [-0.3, -0.25) is 4.79 Å². The zero-order chi connectivity index (χ0) is 15.9. The van der Waals surface area contributed by atoms with Crippen LogP contribution in [0.2, 0.25) is 0 Å². The molecule has 112 valence electrons. The van der Waals surface area contributed by atoms with Crippen LogP contribution in [0.5, 0.6) is 0 Å². The topological polar surface area (TPSA) is 50.1 Å². The lowest BCUT2D eigenvalue weighted by molar-refractivity contribution is -0.150. The van der Waals surface area contributed by atoms with Gasteiger partial charge < -0.3 is 4.74 Å². The molecule has 0 fully saturated rings. The second-order valence-electron chi connectivity index (χ2n) is 5.49. The number of carbonyl (C=O) groups is 1. The molecule has 22 heavy (non-hydrogen) atoms. The minimum absolute atomic E-state index is 0.0880. The van der Waals surface area contributed by atoms with Gasteiger partial charge in [0.15, 0.2) is 0 Å². The van der Waals surface area contributed by atoms with Crippen LogP contribution in [0.3, 0.4) is 0 Å². The van der Waals surface area contributed by atoms with Gasteiger partial charge in [-0.05, 0) is 11.5 Å². The minimum atomic E-state index is -0.876. The molecule has 0 heterocycles. The smallest absolute Gasteiger partial charge is 0.315 e. The average molecular weight is 293 g/mol. The van der Waals surface area contributed by atoms with Crippen molar-refractivity contribution in [2.45, 2.75) is 25.9 Å². The molecule has 2 rings (SSSR count). The highest BCUT2D eigenvalue weighted by atomic mass is 16.5. The number of hydrogen-bond donors (Lipinski definition) is 0. The third-order valence-corrected chi connectivity index (χ3v) is 3.53. The molecule has 0 bridgehead atoms. The molecule has 0 aliphatic heterocycles. The molecule has 2 atom stereocenters. The summed E-state index contributed by atoms with van der Waals surface area (Å²) in [5.41, 5.74) is 1.60. The van der Waals surface area contributed by atoms with E-state index in [-0.39, 0.29) is 17.8 Å². The summed E-state index contributed by atoms with van der Waals surface area (Å²) in [6.07, 6.45) is -0.876. The summed E-state index contributed by atoms with van der Waals surface area (Å²) in [6.45, 7) is 3.95. The van der Waals surface area contributed by atoms with Crippen molar-refractivity contribution in [1.82, 2.24) is 0 Å². The van der Waals surface area contributed by atoms with Crippen LogP contribution in [0.4, 0.5) is 0 Å². The summed E-state index contributed by atoms with van der Waals surface area (Å²) >= 11 is 0. The van der Waals surface area contributed by atoms with Crippen LogP contribution in [0.1, 0.15) is 37.0 Å². The Bertz CT molecular complexity index is 644. The van der Waals surface area contributed by atoms with Gasteiger partial charge in [-0.2, -0.15) is 5.26 Å². The van der Waals surface area contributed by atoms with E-state index in [4.69, 9.17) is 4.74 Å². The number of benzene rings is 2. The van der Waals surface area contributed by atoms with Crippen molar-refractivity contribution in [1.29, 1.82) is 5.26 Å². The fourth-order valence-electron chi connectivity index (χ4n) is 2.44. The van der Waals surface area contributed by atoms with Crippen molar-refractivity contribution in [2.24, 2.45) is 5.92 Å². The number of nitrogens with zero attached hydrogens (tertiary/aromatic N) is 1. The quantitative estimate of drug-likeness (QED) is 0.775. The largest absolute Gasteiger partial charge is 0.441 e. The van der Waals surface area contributed by atoms with Crippen LogP contribution < -0.4 is 0 Å². The zero-order valence-electron chi connectivity index (χ0n) is 12.8. The van der Waals surface area contributed by atoms with E-state index in [1.165, 1.54) is 0 Å². The monoisotopic (exact) mass is 293 g/mol. The van der Waals surface area contributed by atoms with Gasteiger partial charge in [-0.15, -0.1) is 0 Å². The maximum atomic E-state index is 12.6. The normalized spacial score (nSPS) is 13.2. The van der Waals surface area contributed by atoms with E-state index < -0.39 is 6.10 Å². The Labute approximate surface area is 131 Å². The zero-order valence-corrected chi connectivity index (χ0v) is 12.8. The van der Waals surface area contributed by atoms with Gasteiger partial charge in [0.05, 0.1) is 5.92 Å². The van der Waals surface area contributed by atoms with Crippen LogP contribution in [0.15, 0.2) is 60.7 Å². The lowest BCUT2D eigenvalue weighted by Crippen LogP contribution is -2.22. The molecule has 2 aromatic carbocycles. The predicted octanol–water partition coefficient (Wildman–Crippen LogP) is 4.23. The molecule has 0 radical (unpaired) electrons. The van der Waals surface area contributed by atoms with E-state index >= 15 is 0 Å². The van der Waals surface area contributed by atoms with E-state index in [1.807, 2.05) is 62.4 Å². The molecule has 0 aliphatic rings. The molecular weight excluding hydrogens is 274 g/mol. The Morgan fingerprint density at radius 3 is 1.91 bits per heavy atom. The molecule has 0 amide bonds. The Morgan fingerprint density at radius 1 is 0.955 bits per heavy atom. The van der Waals surface area contributed by atoms with Crippen molar-refractivity contribution >= 4 is 5.97 Å². The third-order valence-electron chi connectivity index (χ3n) is 3.53. The number of ether oxygens (including phenoxy) is 1. The second kappa shape index (κ2) is 7.42. The van der Waals surface area contributed by atoms with Crippen LogP contribution >= 0.6 is 0 Å². The first-order valence-corrected chi connectivity index (χ1v) is 7.33. The van der Waals surface area contributed by atoms with Crippen LogP contribution in [0.25, 0.3) is 0 Å². The molecular formula is C19H19NO2. The second-order valence-corrected chi connectivity index (χ2v) is 5.49. The summed E-state index contributed by atoms with van der Waals surface area (Å²) in [4.78, 5) is 12.6. The SMILES string of the molecule is CC(C)C(C(=O)OC(C#N)c1ccccc1)c1ccccc1. The lowest BCUT2D eigenvalue weighted by atomic mass is 9.88. The van der Waals surface area contributed by atoms with E-state index in [9.17, 15) is 10.1 Å². The number of hydrogen-bond acceptors (Lipinski definition) is 3. The number of rotatable bonds is 5. The maximum absolute atomic E-state index is 12.6. The van der Waals surface area contributed by atoms with E-state index in [1.54, 1.807) is 12.1 Å². The molecule has 3 nitrogen and oxygen atoms in total. The molecule has 3 heteroatoms. The van der Waals surface area contributed by atoms with E-state index in [0.29, 0.717) is 5.56 Å². The first-order valence-electron chi connectivity index (χ1n) is 7.33. The van der Waals surface area contributed by atoms with Crippen LogP contribution in [0, 0.1) is 17.2 Å². The fourth-order valence-corrected chi connectivity index (χ4v) is 2.44. The first-order chi connectivity index (χ1) is 10.6.